The summed E-state index contributed by atoms with van der Waals surface area (Å²) in [6, 6.07) is 1.40. The van der Waals surface area contributed by atoms with E-state index >= 15 is 0 Å². The van der Waals surface area contributed by atoms with Crippen molar-refractivity contribution >= 4 is 5.91 Å². The Bertz CT molecular complexity index is 443. The molecule has 19 heavy (non-hydrogen) atoms. The van der Waals surface area contributed by atoms with Crippen molar-refractivity contribution in [2.75, 3.05) is 13.1 Å². The van der Waals surface area contributed by atoms with Crippen LogP contribution in [0.4, 0.5) is 13.2 Å². The number of nitrogens with one attached hydrogen (secondary N) is 1. The fourth-order valence-electron chi connectivity index (χ4n) is 1.63. The number of hydrazine groups is 1. The van der Waals surface area contributed by atoms with E-state index in [2.05, 4.69) is 0 Å². The maximum atomic E-state index is 12.3. The number of halogens is 3. The van der Waals surface area contributed by atoms with Crippen LogP contribution in [-0.4, -0.2) is 30.1 Å². The Hall–Kier alpha value is -1.54. The largest absolute Gasteiger partial charge is 0.456 e. The first-order chi connectivity index (χ1) is 8.76. The van der Waals surface area contributed by atoms with Crippen LogP contribution in [0.5, 0.6) is 0 Å². The number of furan rings is 1. The van der Waals surface area contributed by atoms with Gasteiger partial charge >= 0.3 is 12.1 Å². The fraction of sp³-hybridized carbons (Fsp3) is 0.545. The second kappa shape index (κ2) is 6.07. The molecule has 8 heteroatoms. The predicted octanol–water partition coefficient (Wildman–Crippen LogP) is 1.58. The first-order valence-electron chi connectivity index (χ1n) is 5.66. The zero-order chi connectivity index (χ0) is 14.6. The smallest absolute Gasteiger partial charge is 0.401 e. The SMILES string of the molecule is CCN(Cc1cc(C(=O)NN)oc1C)CC(F)(F)F. The number of carbonyl (C=O) groups is 1. The van der Waals surface area contributed by atoms with Gasteiger partial charge in [0.2, 0.25) is 0 Å². The van der Waals surface area contributed by atoms with E-state index in [0.717, 1.165) is 0 Å². The maximum Gasteiger partial charge on any atom is 0.401 e. The van der Waals surface area contributed by atoms with Crippen LogP contribution < -0.4 is 11.3 Å². The Morgan fingerprint density at radius 2 is 2.16 bits per heavy atom. The monoisotopic (exact) mass is 279 g/mol. The fourth-order valence-corrected chi connectivity index (χ4v) is 1.63. The molecular weight excluding hydrogens is 263 g/mol. The molecule has 1 aromatic rings. The van der Waals surface area contributed by atoms with Crippen LogP contribution >= 0.6 is 0 Å². The first kappa shape index (κ1) is 15.5. The molecule has 0 aliphatic rings. The van der Waals surface area contributed by atoms with E-state index in [4.69, 9.17) is 10.3 Å². The van der Waals surface area contributed by atoms with Gasteiger partial charge in [-0.05, 0) is 19.5 Å². The zero-order valence-corrected chi connectivity index (χ0v) is 10.7. The third kappa shape index (κ3) is 4.56. The lowest BCUT2D eigenvalue weighted by molar-refractivity contribution is -0.146. The highest BCUT2D eigenvalue weighted by Crippen LogP contribution is 2.21. The Balaban J connectivity index is 2.80. The van der Waals surface area contributed by atoms with E-state index in [9.17, 15) is 18.0 Å². The average molecular weight is 279 g/mol. The van der Waals surface area contributed by atoms with Gasteiger partial charge in [0, 0.05) is 12.1 Å². The number of amides is 1. The highest BCUT2D eigenvalue weighted by molar-refractivity contribution is 5.91. The summed E-state index contributed by atoms with van der Waals surface area (Å²) < 4.78 is 42.2. The number of hydrogen-bond donors (Lipinski definition) is 2. The van der Waals surface area contributed by atoms with Crippen LogP contribution in [0.1, 0.15) is 28.8 Å². The summed E-state index contributed by atoms with van der Waals surface area (Å²) in [6.07, 6.45) is -4.26. The Morgan fingerprint density at radius 3 is 2.63 bits per heavy atom. The Kier molecular flexibility index (Phi) is 4.96. The van der Waals surface area contributed by atoms with Gasteiger partial charge < -0.3 is 4.42 Å². The normalized spacial score (nSPS) is 11.9. The summed E-state index contributed by atoms with van der Waals surface area (Å²) >= 11 is 0. The molecule has 0 bridgehead atoms. The lowest BCUT2D eigenvalue weighted by Crippen LogP contribution is -2.33. The van der Waals surface area contributed by atoms with Crippen LogP contribution in [0.2, 0.25) is 0 Å². The van der Waals surface area contributed by atoms with Gasteiger partial charge in [-0.15, -0.1) is 0 Å². The number of rotatable bonds is 5. The molecule has 0 saturated heterocycles. The third-order valence-electron chi connectivity index (χ3n) is 2.62. The van der Waals surface area contributed by atoms with Crippen molar-refractivity contribution in [3.8, 4) is 0 Å². The Labute approximate surface area is 108 Å². The van der Waals surface area contributed by atoms with E-state index in [1.807, 2.05) is 5.43 Å². The molecule has 0 saturated carbocycles. The van der Waals surface area contributed by atoms with Gasteiger partial charge in [0.25, 0.3) is 0 Å². The number of nitrogens with zero attached hydrogens (tertiary/aromatic N) is 1. The highest BCUT2D eigenvalue weighted by atomic mass is 19.4. The summed E-state index contributed by atoms with van der Waals surface area (Å²) in [4.78, 5) is 12.4. The summed E-state index contributed by atoms with van der Waals surface area (Å²) in [6.45, 7) is 2.51. The molecule has 5 nitrogen and oxygen atoms in total. The van der Waals surface area contributed by atoms with Crippen LogP contribution in [-0.2, 0) is 6.54 Å². The summed E-state index contributed by atoms with van der Waals surface area (Å²) in [5.74, 6) is 4.72. The number of nitrogen functional groups attached to an aromatic ring is 1. The van der Waals surface area contributed by atoms with Gasteiger partial charge in [-0.2, -0.15) is 13.2 Å². The van der Waals surface area contributed by atoms with Crippen molar-refractivity contribution in [1.29, 1.82) is 0 Å². The second-order valence-electron chi connectivity index (χ2n) is 4.08. The van der Waals surface area contributed by atoms with Crippen LogP contribution in [0.15, 0.2) is 10.5 Å². The molecule has 0 unspecified atom stereocenters. The van der Waals surface area contributed by atoms with Crippen molar-refractivity contribution in [2.45, 2.75) is 26.6 Å². The zero-order valence-electron chi connectivity index (χ0n) is 10.7. The van der Waals surface area contributed by atoms with Crippen LogP contribution in [0, 0.1) is 6.92 Å². The number of hydrogen-bond acceptors (Lipinski definition) is 4. The van der Waals surface area contributed by atoms with Crippen molar-refractivity contribution in [3.05, 3.63) is 23.2 Å². The quantitative estimate of drug-likeness (QED) is 0.487. The van der Waals surface area contributed by atoms with Gasteiger partial charge in [-0.1, -0.05) is 6.92 Å². The molecule has 0 radical (unpaired) electrons. The van der Waals surface area contributed by atoms with Crippen molar-refractivity contribution in [3.63, 3.8) is 0 Å². The van der Waals surface area contributed by atoms with Gasteiger partial charge in [0.15, 0.2) is 5.76 Å². The molecule has 0 aliphatic heterocycles. The minimum Gasteiger partial charge on any atom is -0.456 e. The topological polar surface area (TPSA) is 71.5 Å². The first-order valence-corrected chi connectivity index (χ1v) is 5.66. The lowest BCUT2D eigenvalue weighted by Gasteiger charge is -2.21. The van der Waals surface area contributed by atoms with Gasteiger partial charge in [0.1, 0.15) is 5.76 Å². The molecule has 1 amide bonds. The van der Waals surface area contributed by atoms with Crippen LogP contribution in [0.3, 0.4) is 0 Å². The molecular formula is C11H16F3N3O2. The van der Waals surface area contributed by atoms with Crippen molar-refractivity contribution in [2.24, 2.45) is 5.84 Å². The summed E-state index contributed by atoms with van der Waals surface area (Å²) in [7, 11) is 0. The van der Waals surface area contributed by atoms with Crippen LogP contribution in [0.25, 0.3) is 0 Å². The standard InChI is InChI=1S/C11H16F3N3O2/c1-3-17(6-11(12,13)14)5-8-4-9(10(18)16-15)19-7(8)2/h4H,3,5-6,15H2,1-2H3,(H,16,18). The molecule has 0 aliphatic carbocycles. The molecule has 108 valence electrons. The summed E-state index contributed by atoms with van der Waals surface area (Å²) in [5, 5.41) is 0. The molecule has 1 rings (SSSR count). The minimum atomic E-state index is -4.26. The number of carbonyl (C=O) groups excluding carboxylic acids is 1. The molecule has 0 aromatic carbocycles. The summed E-state index contributed by atoms with van der Waals surface area (Å²) in [5.41, 5.74) is 2.43. The molecule has 0 spiro atoms. The minimum absolute atomic E-state index is 0.0157. The number of alkyl halides is 3. The maximum absolute atomic E-state index is 12.3. The van der Waals surface area contributed by atoms with E-state index in [0.29, 0.717) is 11.3 Å². The van der Waals surface area contributed by atoms with Crippen molar-refractivity contribution < 1.29 is 22.4 Å². The Morgan fingerprint density at radius 1 is 1.53 bits per heavy atom. The van der Waals surface area contributed by atoms with E-state index in [-0.39, 0.29) is 18.8 Å². The molecule has 1 heterocycles. The molecule has 3 N–H and O–H groups in total. The molecule has 0 atom stereocenters. The number of aryl methyl sites for hydroxylation is 1. The average Bonchev–Trinajstić information content (AvgIpc) is 2.67. The number of nitrogens with two attached hydrogens (primary N) is 1. The highest BCUT2D eigenvalue weighted by Gasteiger charge is 2.30. The van der Waals surface area contributed by atoms with E-state index in [1.54, 1.807) is 13.8 Å². The third-order valence-corrected chi connectivity index (χ3v) is 2.62. The van der Waals surface area contributed by atoms with Gasteiger partial charge in [-0.25, -0.2) is 5.84 Å². The van der Waals surface area contributed by atoms with Crippen molar-refractivity contribution in [1.82, 2.24) is 10.3 Å². The molecule has 1 aromatic heterocycles. The van der Waals surface area contributed by atoms with Gasteiger partial charge in [-0.3, -0.25) is 15.1 Å². The van der Waals surface area contributed by atoms with E-state index in [1.165, 1.54) is 11.0 Å². The predicted molar refractivity (Wildman–Crippen MR) is 62.1 cm³/mol. The second-order valence-corrected chi connectivity index (χ2v) is 4.08. The van der Waals surface area contributed by atoms with Gasteiger partial charge in [0.05, 0.1) is 6.54 Å². The van der Waals surface area contributed by atoms with E-state index < -0.39 is 18.6 Å². The lowest BCUT2D eigenvalue weighted by atomic mass is 10.2. The molecule has 0 fully saturated rings.